The molecule has 0 heterocycles. The van der Waals surface area contributed by atoms with Crippen LogP contribution < -0.4 is 5.32 Å². The normalized spacial score (nSPS) is 14.8. The second-order valence-electron chi connectivity index (χ2n) is 3.38. The number of rotatable bonds is 4. The molecule has 1 rings (SSSR count). The van der Waals surface area contributed by atoms with Crippen molar-refractivity contribution in [2.24, 2.45) is 0 Å². The fraction of sp³-hybridized carbons (Fsp3) is 0.500. The lowest BCUT2D eigenvalue weighted by Gasteiger charge is -2.10. The number of allylic oxidation sites excluding steroid dienone is 3. The number of amides is 1. The lowest BCUT2D eigenvalue weighted by Crippen LogP contribution is -2.31. The van der Waals surface area contributed by atoms with Crippen molar-refractivity contribution in [2.75, 3.05) is 27.2 Å². The monoisotopic (exact) mass is 180 g/mol. The van der Waals surface area contributed by atoms with Gasteiger partial charge in [0.1, 0.15) is 0 Å². The molecule has 3 nitrogen and oxygen atoms in total. The summed E-state index contributed by atoms with van der Waals surface area (Å²) in [5, 5.41) is 2.87. The third-order valence-corrected chi connectivity index (χ3v) is 1.91. The van der Waals surface area contributed by atoms with E-state index in [4.69, 9.17) is 0 Å². The van der Waals surface area contributed by atoms with Crippen LogP contribution in [0.5, 0.6) is 0 Å². The molecule has 0 saturated heterocycles. The molecular formula is C10H16N2O. The standard InChI is InChI=1S/C10H16N2O/c1-12(2)8-7-11-10(13)9-5-3-4-6-9/h3-5H,6-8H2,1-2H3,(H,11,13). The van der Waals surface area contributed by atoms with Gasteiger partial charge in [-0.3, -0.25) is 4.79 Å². The summed E-state index contributed by atoms with van der Waals surface area (Å²) in [6.45, 7) is 1.59. The second-order valence-corrected chi connectivity index (χ2v) is 3.38. The Hall–Kier alpha value is -1.09. The summed E-state index contributed by atoms with van der Waals surface area (Å²) in [4.78, 5) is 13.4. The predicted molar refractivity (Wildman–Crippen MR) is 53.4 cm³/mol. The topological polar surface area (TPSA) is 32.3 Å². The molecule has 72 valence electrons. The summed E-state index contributed by atoms with van der Waals surface area (Å²) in [5.74, 6) is 0.0619. The summed E-state index contributed by atoms with van der Waals surface area (Å²) in [7, 11) is 3.98. The lowest BCUT2D eigenvalue weighted by molar-refractivity contribution is -0.117. The van der Waals surface area contributed by atoms with E-state index in [9.17, 15) is 4.79 Å². The van der Waals surface area contributed by atoms with Crippen molar-refractivity contribution < 1.29 is 4.79 Å². The van der Waals surface area contributed by atoms with Crippen molar-refractivity contribution in [2.45, 2.75) is 6.42 Å². The van der Waals surface area contributed by atoms with Gasteiger partial charge in [0.05, 0.1) is 0 Å². The molecule has 0 saturated carbocycles. The van der Waals surface area contributed by atoms with Gasteiger partial charge in [-0.1, -0.05) is 18.2 Å². The zero-order valence-corrected chi connectivity index (χ0v) is 8.21. The number of carbonyl (C=O) groups is 1. The van der Waals surface area contributed by atoms with Crippen LogP contribution in [-0.2, 0) is 4.79 Å². The van der Waals surface area contributed by atoms with Gasteiger partial charge in [-0.25, -0.2) is 0 Å². The molecule has 3 heteroatoms. The molecule has 1 aliphatic carbocycles. The molecule has 0 radical (unpaired) electrons. The number of nitrogens with zero attached hydrogens (tertiary/aromatic N) is 1. The van der Waals surface area contributed by atoms with Crippen LogP contribution in [0.4, 0.5) is 0 Å². The smallest absolute Gasteiger partial charge is 0.247 e. The first kappa shape index (κ1) is 9.99. The molecule has 1 aliphatic rings. The lowest BCUT2D eigenvalue weighted by atomic mass is 10.2. The summed E-state index contributed by atoms with van der Waals surface area (Å²) in [5.41, 5.74) is 0.860. The Balaban J connectivity index is 2.18. The van der Waals surface area contributed by atoms with Gasteiger partial charge in [0.15, 0.2) is 0 Å². The molecular weight excluding hydrogens is 164 g/mol. The number of hydrogen-bond donors (Lipinski definition) is 1. The number of nitrogens with one attached hydrogen (secondary N) is 1. The van der Waals surface area contributed by atoms with E-state index in [-0.39, 0.29) is 5.91 Å². The van der Waals surface area contributed by atoms with Crippen LogP contribution in [0.15, 0.2) is 23.8 Å². The van der Waals surface area contributed by atoms with Crippen LogP contribution in [-0.4, -0.2) is 38.0 Å². The van der Waals surface area contributed by atoms with Crippen LogP contribution in [0.2, 0.25) is 0 Å². The molecule has 0 fully saturated rings. The first-order chi connectivity index (χ1) is 6.20. The molecule has 0 bridgehead atoms. The minimum atomic E-state index is 0.0619. The highest BCUT2D eigenvalue weighted by Crippen LogP contribution is 2.09. The van der Waals surface area contributed by atoms with E-state index in [1.165, 1.54) is 0 Å². The van der Waals surface area contributed by atoms with Gasteiger partial charge in [-0.05, 0) is 20.5 Å². The van der Waals surface area contributed by atoms with Gasteiger partial charge in [-0.2, -0.15) is 0 Å². The first-order valence-corrected chi connectivity index (χ1v) is 4.49. The summed E-state index contributed by atoms with van der Waals surface area (Å²) in [6, 6.07) is 0. The van der Waals surface area contributed by atoms with Crippen LogP contribution in [0.25, 0.3) is 0 Å². The van der Waals surface area contributed by atoms with Crippen molar-refractivity contribution in [3.05, 3.63) is 23.8 Å². The van der Waals surface area contributed by atoms with Gasteiger partial charge in [0.25, 0.3) is 0 Å². The van der Waals surface area contributed by atoms with Crippen molar-refractivity contribution in [3.8, 4) is 0 Å². The Labute approximate surface area is 79.1 Å². The highest BCUT2D eigenvalue weighted by atomic mass is 16.1. The molecule has 0 aromatic heterocycles. The average Bonchev–Trinajstić information content (AvgIpc) is 2.55. The Bertz CT molecular complexity index is 241. The quantitative estimate of drug-likeness (QED) is 0.685. The molecule has 0 aromatic rings. The van der Waals surface area contributed by atoms with Gasteiger partial charge in [0.2, 0.25) is 5.91 Å². The largest absolute Gasteiger partial charge is 0.351 e. The number of likely N-dealkylation sites (N-methyl/N-ethyl adjacent to an activating group) is 1. The zero-order valence-electron chi connectivity index (χ0n) is 8.21. The fourth-order valence-corrected chi connectivity index (χ4v) is 1.12. The van der Waals surface area contributed by atoms with Crippen LogP contribution in [0.3, 0.4) is 0 Å². The van der Waals surface area contributed by atoms with Crippen molar-refractivity contribution in [3.63, 3.8) is 0 Å². The Morgan fingerprint density at radius 2 is 2.38 bits per heavy atom. The van der Waals surface area contributed by atoms with Crippen LogP contribution >= 0.6 is 0 Å². The van der Waals surface area contributed by atoms with E-state index in [1.807, 2.05) is 37.2 Å². The van der Waals surface area contributed by atoms with Gasteiger partial charge in [-0.15, -0.1) is 0 Å². The highest BCUT2D eigenvalue weighted by Gasteiger charge is 2.08. The molecule has 1 N–H and O–H groups in total. The third-order valence-electron chi connectivity index (χ3n) is 1.91. The van der Waals surface area contributed by atoms with Crippen LogP contribution in [0, 0.1) is 0 Å². The van der Waals surface area contributed by atoms with Crippen molar-refractivity contribution >= 4 is 5.91 Å². The molecule has 0 aromatic carbocycles. The molecule has 13 heavy (non-hydrogen) atoms. The highest BCUT2D eigenvalue weighted by molar-refractivity contribution is 5.94. The van der Waals surface area contributed by atoms with Crippen LogP contribution in [0.1, 0.15) is 6.42 Å². The van der Waals surface area contributed by atoms with E-state index in [2.05, 4.69) is 5.32 Å². The minimum Gasteiger partial charge on any atom is -0.351 e. The SMILES string of the molecule is CN(C)CCNC(=O)C1=CC=CC1. The maximum absolute atomic E-state index is 11.4. The van der Waals surface area contributed by atoms with E-state index in [1.54, 1.807) is 0 Å². The first-order valence-electron chi connectivity index (χ1n) is 4.49. The second kappa shape index (κ2) is 4.82. The van der Waals surface area contributed by atoms with Crippen molar-refractivity contribution in [1.82, 2.24) is 10.2 Å². The Kier molecular flexibility index (Phi) is 3.71. The number of carbonyl (C=O) groups excluding carboxylic acids is 1. The summed E-state index contributed by atoms with van der Waals surface area (Å²) >= 11 is 0. The van der Waals surface area contributed by atoms with E-state index in [0.29, 0.717) is 6.54 Å². The van der Waals surface area contributed by atoms with Crippen molar-refractivity contribution in [1.29, 1.82) is 0 Å². The zero-order chi connectivity index (χ0) is 9.68. The molecule has 1 amide bonds. The van der Waals surface area contributed by atoms with E-state index < -0.39 is 0 Å². The predicted octanol–water partition coefficient (Wildman–Crippen LogP) is 0.550. The van der Waals surface area contributed by atoms with Gasteiger partial charge >= 0.3 is 0 Å². The Morgan fingerprint density at radius 3 is 2.92 bits per heavy atom. The molecule has 0 aliphatic heterocycles. The van der Waals surface area contributed by atoms with Gasteiger partial charge < -0.3 is 10.2 Å². The fourth-order valence-electron chi connectivity index (χ4n) is 1.12. The molecule has 0 atom stereocenters. The Morgan fingerprint density at radius 1 is 1.62 bits per heavy atom. The maximum atomic E-state index is 11.4. The minimum absolute atomic E-state index is 0.0619. The summed E-state index contributed by atoms with van der Waals surface area (Å²) < 4.78 is 0. The molecule has 0 spiro atoms. The third kappa shape index (κ3) is 3.42. The number of hydrogen-bond acceptors (Lipinski definition) is 2. The van der Waals surface area contributed by atoms with E-state index >= 15 is 0 Å². The van der Waals surface area contributed by atoms with E-state index in [0.717, 1.165) is 18.5 Å². The maximum Gasteiger partial charge on any atom is 0.247 e. The van der Waals surface area contributed by atoms with Gasteiger partial charge in [0, 0.05) is 18.7 Å². The molecule has 0 unspecified atom stereocenters. The summed E-state index contributed by atoms with van der Waals surface area (Å²) in [6.07, 6.45) is 6.54. The average molecular weight is 180 g/mol.